The van der Waals surface area contributed by atoms with Crippen molar-refractivity contribution in [1.82, 2.24) is 19.9 Å². The largest absolute Gasteiger partial charge is 0.481 e. The molecule has 0 bridgehead atoms. The topological polar surface area (TPSA) is 96.6 Å². The summed E-state index contributed by atoms with van der Waals surface area (Å²) >= 11 is 0. The third-order valence-corrected chi connectivity index (χ3v) is 3.92. The molecule has 2 heterocycles. The zero-order chi connectivity index (χ0) is 14.2. The number of carboxylic acid groups (broad SMARTS) is 1. The summed E-state index contributed by atoms with van der Waals surface area (Å²) in [5.74, 6) is -1.16. The number of nitrogens with one attached hydrogen (secondary N) is 1. The number of aromatic nitrogens is 3. The highest BCUT2D eigenvalue weighted by atomic mass is 16.4. The van der Waals surface area contributed by atoms with Gasteiger partial charge in [0.25, 0.3) is 5.91 Å². The van der Waals surface area contributed by atoms with Gasteiger partial charge in [-0.3, -0.25) is 14.6 Å². The van der Waals surface area contributed by atoms with E-state index in [1.165, 1.54) is 6.20 Å². The lowest BCUT2D eigenvalue weighted by atomic mass is 9.69. The fourth-order valence-electron chi connectivity index (χ4n) is 2.42. The maximum absolute atomic E-state index is 12.1. The Balaban J connectivity index is 1.75. The first-order valence-corrected chi connectivity index (χ1v) is 6.41. The van der Waals surface area contributed by atoms with Gasteiger partial charge in [0.15, 0.2) is 0 Å². The monoisotopic (exact) mass is 274 g/mol. The summed E-state index contributed by atoms with van der Waals surface area (Å²) < 4.78 is 1.55. The number of hydrogen-bond donors (Lipinski definition) is 2. The molecule has 7 heteroatoms. The second-order valence-electron chi connectivity index (χ2n) is 5.09. The summed E-state index contributed by atoms with van der Waals surface area (Å²) in [6.07, 6.45) is 8.35. The van der Waals surface area contributed by atoms with Crippen LogP contribution < -0.4 is 5.32 Å². The molecule has 0 radical (unpaired) electrons. The first-order chi connectivity index (χ1) is 9.62. The van der Waals surface area contributed by atoms with Crippen molar-refractivity contribution in [3.63, 3.8) is 0 Å². The standard InChI is InChI=1S/C13H14N4O3/c18-11(15-8-13(12(19)20)2-1-3-13)9-6-16-17-5-4-14-7-10(9)17/h4-7H,1-3,8H2,(H,15,18)(H,19,20). The normalized spacial score (nSPS) is 16.6. The number of amides is 1. The Bertz CT molecular complexity index is 675. The SMILES string of the molecule is O=C(NCC1(C(=O)O)CCC1)c1cnn2ccncc12. The highest BCUT2D eigenvalue weighted by molar-refractivity contribution is 6.00. The van der Waals surface area contributed by atoms with E-state index in [4.69, 9.17) is 0 Å². The molecule has 0 unspecified atom stereocenters. The third-order valence-electron chi connectivity index (χ3n) is 3.92. The minimum absolute atomic E-state index is 0.152. The Morgan fingerprint density at radius 3 is 2.85 bits per heavy atom. The van der Waals surface area contributed by atoms with Crippen LogP contribution in [0.5, 0.6) is 0 Å². The van der Waals surface area contributed by atoms with Crippen molar-refractivity contribution in [3.05, 3.63) is 30.4 Å². The molecule has 2 aromatic heterocycles. The molecule has 104 valence electrons. The van der Waals surface area contributed by atoms with E-state index in [0.29, 0.717) is 23.9 Å². The van der Waals surface area contributed by atoms with Gasteiger partial charge in [-0.15, -0.1) is 0 Å². The first kappa shape index (κ1) is 12.6. The van der Waals surface area contributed by atoms with Crippen molar-refractivity contribution in [1.29, 1.82) is 0 Å². The highest BCUT2D eigenvalue weighted by Crippen LogP contribution is 2.40. The Kier molecular flexibility index (Phi) is 2.89. The van der Waals surface area contributed by atoms with Crippen molar-refractivity contribution in [2.24, 2.45) is 5.41 Å². The molecule has 20 heavy (non-hydrogen) atoms. The molecule has 2 N–H and O–H groups in total. The van der Waals surface area contributed by atoms with Crippen LogP contribution in [0.3, 0.4) is 0 Å². The molecule has 1 aliphatic carbocycles. The summed E-state index contributed by atoms with van der Waals surface area (Å²) in [6.45, 7) is 0.152. The molecule has 3 rings (SSSR count). The molecule has 0 aromatic carbocycles. The third kappa shape index (κ3) is 1.91. The van der Waals surface area contributed by atoms with Crippen LogP contribution in [0.25, 0.3) is 5.52 Å². The number of carbonyl (C=O) groups is 2. The van der Waals surface area contributed by atoms with Gasteiger partial charge in [0.05, 0.1) is 28.9 Å². The fraction of sp³-hybridized carbons (Fsp3) is 0.385. The molecule has 1 saturated carbocycles. The molecular formula is C13H14N4O3. The van der Waals surface area contributed by atoms with Gasteiger partial charge in [-0.2, -0.15) is 5.10 Å². The summed E-state index contributed by atoms with van der Waals surface area (Å²) in [7, 11) is 0. The molecule has 0 aliphatic heterocycles. The Labute approximate surface area is 114 Å². The summed E-state index contributed by atoms with van der Waals surface area (Å²) in [6, 6.07) is 0. The van der Waals surface area contributed by atoms with Crippen molar-refractivity contribution in [3.8, 4) is 0 Å². The predicted molar refractivity (Wildman–Crippen MR) is 69.2 cm³/mol. The van der Waals surface area contributed by atoms with Crippen molar-refractivity contribution in [2.45, 2.75) is 19.3 Å². The Morgan fingerprint density at radius 2 is 2.20 bits per heavy atom. The average molecular weight is 274 g/mol. The quantitative estimate of drug-likeness (QED) is 0.856. The van der Waals surface area contributed by atoms with E-state index in [1.807, 2.05) is 0 Å². The summed E-state index contributed by atoms with van der Waals surface area (Å²) in [5, 5.41) is 16.0. The van der Waals surface area contributed by atoms with Crippen LogP contribution in [0.4, 0.5) is 0 Å². The maximum Gasteiger partial charge on any atom is 0.311 e. The molecule has 0 atom stereocenters. The van der Waals surface area contributed by atoms with Crippen LogP contribution in [0, 0.1) is 5.41 Å². The number of aliphatic carboxylic acids is 1. The number of carboxylic acids is 1. The first-order valence-electron chi connectivity index (χ1n) is 6.41. The number of carbonyl (C=O) groups excluding carboxylic acids is 1. The zero-order valence-electron chi connectivity index (χ0n) is 10.7. The van der Waals surface area contributed by atoms with Gasteiger partial charge in [-0.05, 0) is 12.8 Å². The smallest absolute Gasteiger partial charge is 0.311 e. The number of nitrogens with zero attached hydrogens (tertiary/aromatic N) is 3. The molecular weight excluding hydrogens is 260 g/mol. The van der Waals surface area contributed by atoms with Crippen LogP contribution in [-0.4, -0.2) is 38.1 Å². The van der Waals surface area contributed by atoms with Crippen molar-refractivity contribution < 1.29 is 14.7 Å². The molecule has 1 amide bonds. The lowest BCUT2D eigenvalue weighted by Crippen LogP contribution is -2.47. The highest BCUT2D eigenvalue weighted by Gasteiger charge is 2.44. The van der Waals surface area contributed by atoms with Gasteiger partial charge >= 0.3 is 5.97 Å². The van der Waals surface area contributed by atoms with E-state index in [0.717, 1.165) is 6.42 Å². The average Bonchev–Trinajstić information content (AvgIpc) is 2.80. The van der Waals surface area contributed by atoms with Crippen LogP contribution in [0.2, 0.25) is 0 Å². The predicted octanol–water partition coefficient (Wildman–Crippen LogP) is 0.714. The van der Waals surface area contributed by atoms with Crippen LogP contribution >= 0.6 is 0 Å². The van der Waals surface area contributed by atoms with Gasteiger partial charge in [0.1, 0.15) is 0 Å². The van der Waals surface area contributed by atoms with E-state index in [9.17, 15) is 14.7 Å². The van der Waals surface area contributed by atoms with Crippen LogP contribution in [0.15, 0.2) is 24.8 Å². The number of fused-ring (bicyclic) bond motifs is 1. The summed E-state index contributed by atoms with van der Waals surface area (Å²) in [4.78, 5) is 27.3. The molecule has 0 spiro atoms. The van der Waals surface area contributed by atoms with E-state index in [1.54, 1.807) is 23.1 Å². The number of rotatable bonds is 4. The molecule has 1 aliphatic rings. The minimum Gasteiger partial charge on any atom is -0.481 e. The van der Waals surface area contributed by atoms with Gasteiger partial charge in [0.2, 0.25) is 0 Å². The van der Waals surface area contributed by atoms with Crippen LogP contribution in [0.1, 0.15) is 29.6 Å². The fourth-order valence-corrected chi connectivity index (χ4v) is 2.42. The van der Waals surface area contributed by atoms with E-state index in [2.05, 4.69) is 15.4 Å². The van der Waals surface area contributed by atoms with Crippen molar-refractivity contribution >= 4 is 17.4 Å². The summed E-state index contributed by atoms with van der Waals surface area (Å²) in [5.41, 5.74) is 0.206. The maximum atomic E-state index is 12.1. The molecule has 0 saturated heterocycles. The molecule has 1 fully saturated rings. The van der Waals surface area contributed by atoms with E-state index >= 15 is 0 Å². The lowest BCUT2D eigenvalue weighted by Gasteiger charge is -2.37. The van der Waals surface area contributed by atoms with Gasteiger partial charge in [-0.1, -0.05) is 6.42 Å². The van der Waals surface area contributed by atoms with E-state index in [-0.39, 0.29) is 12.5 Å². The molecule has 2 aromatic rings. The minimum atomic E-state index is -0.842. The van der Waals surface area contributed by atoms with Gasteiger partial charge in [0, 0.05) is 18.9 Å². The second-order valence-corrected chi connectivity index (χ2v) is 5.09. The van der Waals surface area contributed by atoms with Crippen molar-refractivity contribution in [2.75, 3.05) is 6.54 Å². The Morgan fingerprint density at radius 1 is 1.40 bits per heavy atom. The van der Waals surface area contributed by atoms with Gasteiger partial charge in [-0.25, -0.2) is 4.52 Å². The zero-order valence-corrected chi connectivity index (χ0v) is 10.7. The molecule has 7 nitrogen and oxygen atoms in total. The second kappa shape index (κ2) is 4.59. The van der Waals surface area contributed by atoms with E-state index < -0.39 is 11.4 Å². The van der Waals surface area contributed by atoms with Crippen LogP contribution in [-0.2, 0) is 4.79 Å². The lowest BCUT2D eigenvalue weighted by molar-refractivity contribution is -0.153. The van der Waals surface area contributed by atoms with Gasteiger partial charge < -0.3 is 10.4 Å². The Hall–Kier alpha value is -2.44. The number of hydrogen-bond acceptors (Lipinski definition) is 4.